The molecule has 2 amide bonds. The second kappa shape index (κ2) is 6.40. The average Bonchev–Trinajstić information content (AvgIpc) is 2.38. The third-order valence-electron chi connectivity index (χ3n) is 3.48. The van der Waals surface area contributed by atoms with Crippen molar-refractivity contribution in [1.29, 1.82) is 0 Å². The van der Waals surface area contributed by atoms with Gasteiger partial charge in [0.25, 0.3) is 0 Å². The minimum atomic E-state index is -0.732. The summed E-state index contributed by atoms with van der Waals surface area (Å²) >= 11 is 0. The molecule has 2 unspecified atom stereocenters. The number of piperidine rings is 1. The first kappa shape index (κ1) is 15.3. The molecule has 0 spiro atoms. The molecule has 1 aliphatic heterocycles. The zero-order chi connectivity index (χ0) is 14.6. The standard InChI is InChI=1S/C12H22N4O3/c1-7(2)9(10(13)15-19)12(18)16-6-4-3-5-8(16)11(14)17/h7-9,19H,3-6H2,1-2H3,(H2,13,15)(H2,14,17). The van der Waals surface area contributed by atoms with Crippen LogP contribution in [0.2, 0.25) is 0 Å². The van der Waals surface area contributed by atoms with E-state index < -0.39 is 17.9 Å². The number of hydrogen-bond donors (Lipinski definition) is 3. The number of carbonyl (C=O) groups excluding carboxylic acids is 2. The highest BCUT2D eigenvalue weighted by atomic mass is 16.4. The van der Waals surface area contributed by atoms with Crippen LogP contribution in [-0.4, -0.2) is 40.3 Å². The van der Waals surface area contributed by atoms with Crippen molar-refractivity contribution in [1.82, 2.24) is 4.90 Å². The molecular weight excluding hydrogens is 248 g/mol. The van der Waals surface area contributed by atoms with Crippen LogP contribution in [0.5, 0.6) is 0 Å². The maximum Gasteiger partial charge on any atom is 0.240 e. The third kappa shape index (κ3) is 3.36. The van der Waals surface area contributed by atoms with Gasteiger partial charge in [-0.2, -0.15) is 0 Å². The van der Waals surface area contributed by atoms with E-state index in [0.29, 0.717) is 13.0 Å². The molecule has 1 heterocycles. The summed E-state index contributed by atoms with van der Waals surface area (Å²) in [5.74, 6) is -1.79. The Hall–Kier alpha value is -1.79. The summed E-state index contributed by atoms with van der Waals surface area (Å²) in [7, 11) is 0. The summed E-state index contributed by atoms with van der Waals surface area (Å²) in [5, 5.41) is 11.7. The highest BCUT2D eigenvalue weighted by Gasteiger charge is 2.37. The van der Waals surface area contributed by atoms with E-state index in [9.17, 15) is 9.59 Å². The van der Waals surface area contributed by atoms with Gasteiger partial charge in [0.2, 0.25) is 11.8 Å². The van der Waals surface area contributed by atoms with Crippen LogP contribution in [0.1, 0.15) is 33.1 Å². The fraction of sp³-hybridized carbons (Fsp3) is 0.750. The van der Waals surface area contributed by atoms with Gasteiger partial charge in [-0.3, -0.25) is 9.59 Å². The van der Waals surface area contributed by atoms with Crippen LogP contribution in [0.15, 0.2) is 5.16 Å². The molecule has 1 fully saturated rings. The van der Waals surface area contributed by atoms with Gasteiger partial charge in [-0.05, 0) is 25.2 Å². The predicted molar refractivity (Wildman–Crippen MR) is 70.3 cm³/mol. The number of nitrogens with zero attached hydrogens (tertiary/aromatic N) is 2. The first-order chi connectivity index (χ1) is 8.90. The molecule has 0 aromatic heterocycles. The molecule has 7 nitrogen and oxygen atoms in total. The van der Waals surface area contributed by atoms with Crippen molar-refractivity contribution in [3.63, 3.8) is 0 Å². The third-order valence-corrected chi connectivity index (χ3v) is 3.48. The fourth-order valence-electron chi connectivity index (χ4n) is 2.49. The van der Waals surface area contributed by atoms with E-state index in [4.69, 9.17) is 16.7 Å². The molecule has 0 bridgehead atoms. The highest BCUT2D eigenvalue weighted by molar-refractivity contribution is 6.03. The number of rotatable bonds is 4. The van der Waals surface area contributed by atoms with Crippen molar-refractivity contribution in [2.24, 2.45) is 28.5 Å². The van der Waals surface area contributed by atoms with Crippen molar-refractivity contribution in [3.05, 3.63) is 0 Å². The molecule has 0 radical (unpaired) electrons. The number of nitrogens with two attached hydrogens (primary N) is 2. The largest absolute Gasteiger partial charge is 0.409 e. The minimum absolute atomic E-state index is 0.126. The molecule has 1 saturated heterocycles. The van der Waals surface area contributed by atoms with Gasteiger partial charge in [-0.1, -0.05) is 19.0 Å². The number of primary amides is 1. The first-order valence-electron chi connectivity index (χ1n) is 6.47. The zero-order valence-corrected chi connectivity index (χ0v) is 11.4. The lowest BCUT2D eigenvalue weighted by atomic mass is 9.90. The van der Waals surface area contributed by atoms with Gasteiger partial charge < -0.3 is 21.6 Å². The van der Waals surface area contributed by atoms with Crippen LogP contribution in [0, 0.1) is 11.8 Å². The lowest BCUT2D eigenvalue weighted by molar-refractivity contribution is -0.143. The zero-order valence-electron chi connectivity index (χ0n) is 11.4. The SMILES string of the molecule is CC(C)C(C(=O)N1CCCCC1C(N)=O)C(N)=NO. The van der Waals surface area contributed by atoms with Crippen molar-refractivity contribution in [2.75, 3.05) is 6.54 Å². The van der Waals surface area contributed by atoms with Gasteiger partial charge >= 0.3 is 0 Å². The Morgan fingerprint density at radius 1 is 1.32 bits per heavy atom. The number of amidine groups is 1. The minimum Gasteiger partial charge on any atom is -0.409 e. The summed E-state index contributed by atoms with van der Waals surface area (Å²) in [6.07, 6.45) is 2.27. The van der Waals surface area contributed by atoms with Gasteiger partial charge in [0.1, 0.15) is 12.0 Å². The number of carbonyl (C=O) groups is 2. The van der Waals surface area contributed by atoms with E-state index in [1.807, 2.05) is 13.8 Å². The van der Waals surface area contributed by atoms with Crippen molar-refractivity contribution in [3.8, 4) is 0 Å². The van der Waals surface area contributed by atoms with E-state index in [0.717, 1.165) is 12.8 Å². The Morgan fingerprint density at radius 3 is 2.42 bits per heavy atom. The predicted octanol–water partition coefficient (Wildman–Crippen LogP) is -0.129. The Balaban J connectivity index is 2.97. The molecule has 5 N–H and O–H groups in total. The van der Waals surface area contributed by atoms with Crippen LogP contribution >= 0.6 is 0 Å². The Bertz CT molecular complexity index is 381. The van der Waals surface area contributed by atoms with Gasteiger partial charge in [-0.25, -0.2) is 0 Å². The average molecular weight is 270 g/mol. The van der Waals surface area contributed by atoms with Gasteiger partial charge in [0.05, 0.1) is 0 Å². The molecule has 0 saturated carbocycles. The lowest BCUT2D eigenvalue weighted by Gasteiger charge is -2.36. The normalized spacial score (nSPS) is 22.4. The van der Waals surface area contributed by atoms with Gasteiger partial charge in [0.15, 0.2) is 5.84 Å². The molecule has 108 valence electrons. The van der Waals surface area contributed by atoms with Gasteiger partial charge in [-0.15, -0.1) is 0 Å². The van der Waals surface area contributed by atoms with Crippen LogP contribution in [0.3, 0.4) is 0 Å². The van der Waals surface area contributed by atoms with E-state index >= 15 is 0 Å². The molecule has 7 heteroatoms. The van der Waals surface area contributed by atoms with Crippen LogP contribution in [0.4, 0.5) is 0 Å². The van der Waals surface area contributed by atoms with E-state index in [1.165, 1.54) is 4.90 Å². The smallest absolute Gasteiger partial charge is 0.240 e. The number of likely N-dealkylation sites (tertiary alicyclic amines) is 1. The second-order valence-electron chi connectivity index (χ2n) is 5.19. The van der Waals surface area contributed by atoms with Crippen molar-refractivity contribution < 1.29 is 14.8 Å². The van der Waals surface area contributed by atoms with Gasteiger partial charge in [0, 0.05) is 6.54 Å². The molecule has 0 aromatic carbocycles. The quantitative estimate of drug-likeness (QED) is 0.285. The van der Waals surface area contributed by atoms with Crippen LogP contribution in [0.25, 0.3) is 0 Å². The van der Waals surface area contributed by atoms with Crippen molar-refractivity contribution >= 4 is 17.6 Å². The summed E-state index contributed by atoms with van der Waals surface area (Å²) in [6, 6.07) is -0.589. The molecule has 1 aliphatic rings. The molecule has 2 atom stereocenters. The molecule has 1 rings (SSSR count). The topological polar surface area (TPSA) is 122 Å². The molecular formula is C12H22N4O3. The van der Waals surface area contributed by atoms with Crippen LogP contribution < -0.4 is 11.5 Å². The number of hydrogen-bond acceptors (Lipinski definition) is 4. The Kier molecular flexibility index (Phi) is 5.14. The molecule has 0 aromatic rings. The lowest BCUT2D eigenvalue weighted by Crippen LogP contribution is -2.54. The first-order valence-corrected chi connectivity index (χ1v) is 6.47. The highest BCUT2D eigenvalue weighted by Crippen LogP contribution is 2.22. The fourth-order valence-corrected chi connectivity index (χ4v) is 2.49. The molecule has 0 aliphatic carbocycles. The number of oxime groups is 1. The Morgan fingerprint density at radius 2 is 1.95 bits per heavy atom. The maximum absolute atomic E-state index is 12.5. The maximum atomic E-state index is 12.5. The number of amides is 2. The van der Waals surface area contributed by atoms with Crippen LogP contribution in [-0.2, 0) is 9.59 Å². The summed E-state index contributed by atoms with van der Waals surface area (Å²) < 4.78 is 0. The Labute approximate surface area is 112 Å². The monoisotopic (exact) mass is 270 g/mol. The van der Waals surface area contributed by atoms with E-state index in [1.54, 1.807) is 0 Å². The summed E-state index contributed by atoms with van der Waals surface area (Å²) in [6.45, 7) is 4.10. The summed E-state index contributed by atoms with van der Waals surface area (Å²) in [5.41, 5.74) is 10.9. The van der Waals surface area contributed by atoms with Crippen molar-refractivity contribution in [2.45, 2.75) is 39.2 Å². The second-order valence-corrected chi connectivity index (χ2v) is 5.19. The molecule has 19 heavy (non-hydrogen) atoms. The van der Waals surface area contributed by atoms with E-state index in [-0.39, 0.29) is 17.7 Å². The summed E-state index contributed by atoms with van der Waals surface area (Å²) in [4.78, 5) is 25.4. The van der Waals surface area contributed by atoms with E-state index in [2.05, 4.69) is 5.16 Å².